The van der Waals surface area contributed by atoms with Gasteiger partial charge in [0.25, 0.3) is 0 Å². The van der Waals surface area contributed by atoms with Gasteiger partial charge in [-0.05, 0) is 54.6 Å². The first-order chi connectivity index (χ1) is 15.5. The molecule has 1 fully saturated rings. The van der Waals surface area contributed by atoms with Gasteiger partial charge in [-0.2, -0.15) is 4.31 Å². The highest BCUT2D eigenvalue weighted by Gasteiger charge is 2.32. The molecule has 164 valence electrons. The van der Waals surface area contributed by atoms with E-state index in [0.29, 0.717) is 31.6 Å². The average molecular weight is 468 g/mol. The maximum Gasteiger partial charge on any atom is 0.244 e. The number of aromatic amines is 1. The average Bonchev–Trinajstić information content (AvgIpc) is 3.49. The van der Waals surface area contributed by atoms with Crippen LogP contribution in [0.1, 0.15) is 12.8 Å². The summed E-state index contributed by atoms with van der Waals surface area (Å²) < 4.78 is 26.9. The number of hydrogen-bond acceptors (Lipinski definition) is 6. The Labute approximate surface area is 189 Å². The molecule has 1 aliphatic rings. The molecule has 1 amide bonds. The Morgan fingerprint density at radius 2 is 2.00 bits per heavy atom. The second-order valence-corrected chi connectivity index (χ2v) is 10.5. The third kappa shape index (κ3) is 4.04. The third-order valence-corrected chi connectivity index (χ3v) is 8.36. The van der Waals surface area contributed by atoms with Crippen LogP contribution in [0.5, 0.6) is 0 Å². The number of H-pyrrole nitrogens is 1. The van der Waals surface area contributed by atoms with E-state index in [1.54, 1.807) is 23.6 Å². The number of benzene rings is 1. The Hall–Kier alpha value is -3.08. The van der Waals surface area contributed by atoms with E-state index in [1.165, 1.54) is 16.6 Å². The van der Waals surface area contributed by atoms with Crippen molar-refractivity contribution < 1.29 is 13.2 Å². The van der Waals surface area contributed by atoms with E-state index in [-0.39, 0.29) is 16.7 Å². The SMILES string of the molecule is O=C(Nc1ccc2nc(-c3cccs3)[nH]c2c1)C1CCN(S(=O)(=O)c2cccnc2)CC1. The standard InChI is InChI=1S/C22H21N5O3S2/c28-22(15-7-10-27(11-8-15)32(29,30)17-3-1-9-23-14-17)24-16-5-6-18-19(13-16)26-21(25-18)20-4-2-12-31-20/h1-6,9,12-15H,7-8,10-11H2,(H,24,28)(H,25,26). The molecule has 4 heterocycles. The van der Waals surface area contributed by atoms with Crippen molar-refractivity contribution >= 4 is 44.0 Å². The van der Waals surface area contributed by atoms with Gasteiger partial charge in [-0.1, -0.05) is 6.07 Å². The number of piperidine rings is 1. The number of amides is 1. The number of sulfonamides is 1. The van der Waals surface area contributed by atoms with Crippen molar-refractivity contribution in [2.24, 2.45) is 5.92 Å². The molecule has 3 aromatic heterocycles. The van der Waals surface area contributed by atoms with Crippen molar-refractivity contribution in [3.63, 3.8) is 0 Å². The highest BCUT2D eigenvalue weighted by atomic mass is 32.2. The molecule has 1 aromatic carbocycles. The van der Waals surface area contributed by atoms with Crippen LogP contribution in [0.15, 0.2) is 65.1 Å². The van der Waals surface area contributed by atoms with E-state index in [4.69, 9.17) is 0 Å². The summed E-state index contributed by atoms with van der Waals surface area (Å²) in [4.78, 5) is 25.8. The molecule has 0 unspecified atom stereocenters. The van der Waals surface area contributed by atoms with Crippen molar-refractivity contribution in [2.45, 2.75) is 17.7 Å². The highest BCUT2D eigenvalue weighted by Crippen LogP contribution is 2.27. The summed E-state index contributed by atoms with van der Waals surface area (Å²) in [6.07, 6.45) is 3.84. The Kier molecular flexibility index (Phi) is 5.50. The zero-order valence-electron chi connectivity index (χ0n) is 17.1. The number of anilines is 1. The lowest BCUT2D eigenvalue weighted by Crippen LogP contribution is -2.41. The molecule has 1 aliphatic heterocycles. The van der Waals surface area contributed by atoms with Gasteiger partial charge >= 0.3 is 0 Å². The minimum atomic E-state index is -3.58. The molecule has 8 nitrogen and oxygen atoms in total. The number of fused-ring (bicyclic) bond motifs is 1. The van der Waals surface area contributed by atoms with E-state index in [2.05, 4.69) is 20.3 Å². The predicted molar refractivity (Wildman–Crippen MR) is 124 cm³/mol. The molecular formula is C22H21N5O3S2. The maximum atomic E-state index is 12.8. The number of imidazole rings is 1. The number of nitrogens with zero attached hydrogens (tertiary/aromatic N) is 3. The van der Waals surface area contributed by atoms with E-state index in [9.17, 15) is 13.2 Å². The van der Waals surface area contributed by atoms with Gasteiger partial charge in [0.15, 0.2) is 0 Å². The van der Waals surface area contributed by atoms with Gasteiger partial charge in [-0.15, -0.1) is 11.3 Å². The molecule has 0 radical (unpaired) electrons. The summed E-state index contributed by atoms with van der Waals surface area (Å²) >= 11 is 1.61. The lowest BCUT2D eigenvalue weighted by Gasteiger charge is -2.30. The molecule has 0 spiro atoms. The van der Waals surface area contributed by atoms with E-state index < -0.39 is 10.0 Å². The molecule has 10 heteroatoms. The Bertz CT molecular complexity index is 1340. The van der Waals surface area contributed by atoms with E-state index in [0.717, 1.165) is 21.7 Å². The number of pyridine rings is 1. The Morgan fingerprint density at radius 1 is 1.16 bits per heavy atom. The summed E-state index contributed by atoms with van der Waals surface area (Å²) in [5, 5.41) is 4.97. The van der Waals surface area contributed by atoms with Crippen LogP contribution in [-0.2, 0) is 14.8 Å². The summed E-state index contributed by atoms with van der Waals surface area (Å²) in [6, 6.07) is 12.7. The van der Waals surface area contributed by atoms with Crippen molar-refractivity contribution in [2.75, 3.05) is 18.4 Å². The number of carbonyl (C=O) groups excluding carboxylic acids is 1. The van der Waals surface area contributed by atoms with Gasteiger partial charge in [0, 0.05) is 37.1 Å². The summed E-state index contributed by atoms with van der Waals surface area (Å²) in [7, 11) is -3.58. The molecule has 32 heavy (non-hydrogen) atoms. The normalized spacial score (nSPS) is 15.8. The summed E-state index contributed by atoms with van der Waals surface area (Å²) in [6.45, 7) is 0.609. The quantitative estimate of drug-likeness (QED) is 0.465. The van der Waals surface area contributed by atoms with Gasteiger partial charge < -0.3 is 10.3 Å². The molecule has 5 rings (SSSR count). The smallest absolute Gasteiger partial charge is 0.244 e. The number of carbonyl (C=O) groups is 1. The molecule has 0 atom stereocenters. The van der Waals surface area contributed by atoms with Gasteiger partial charge in [0.1, 0.15) is 10.7 Å². The van der Waals surface area contributed by atoms with Crippen LogP contribution >= 0.6 is 11.3 Å². The first kappa shape index (κ1) is 20.8. The van der Waals surface area contributed by atoms with Gasteiger partial charge in [-0.25, -0.2) is 13.4 Å². The van der Waals surface area contributed by atoms with Crippen molar-refractivity contribution in [1.82, 2.24) is 19.3 Å². The number of aromatic nitrogens is 3. The van der Waals surface area contributed by atoms with Crippen LogP contribution in [0.4, 0.5) is 5.69 Å². The monoisotopic (exact) mass is 467 g/mol. The van der Waals surface area contributed by atoms with Gasteiger partial charge in [-0.3, -0.25) is 9.78 Å². The van der Waals surface area contributed by atoms with Gasteiger partial charge in [0.2, 0.25) is 15.9 Å². The van der Waals surface area contributed by atoms with Crippen LogP contribution in [0, 0.1) is 5.92 Å². The zero-order chi connectivity index (χ0) is 22.1. The fourth-order valence-electron chi connectivity index (χ4n) is 3.87. The predicted octanol–water partition coefficient (Wildman–Crippen LogP) is 3.73. The third-order valence-electron chi connectivity index (χ3n) is 5.60. The summed E-state index contributed by atoms with van der Waals surface area (Å²) in [5.74, 6) is 0.468. The van der Waals surface area contributed by atoms with Crippen molar-refractivity contribution in [1.29, 1.82) is 0 Å². The van der Waals surface area contributed by atoms with Crippen LogP contribution in [-0.4, -0.2) is 46.7 Å². The second kappa shape index (κ2) is 8.45. The molecule has 4 aromatic rings. The molecule has 0 aliphatic carbocycles. The van der Waals surface area contributed by atoms with Crippen LogP contribution in [0.25, 0.3) is 21.7 Å². The zero-order valence-corrected chi connectivity index (χ0v) is 18.7. The highest BCUT2D eigenvalue weighted by molar-refractivity contribution is 7.89. The number of thiophene rings is 1. The van der Waals surface area contributed by atoms with Crippen molar-refractivity contribution in [3.05, 3.63) is 60.2 Å². The lowest BCUT2D eigenvalue weighted by atomic mass is 9.97. The number of nitrogens with one attached hydrogen (secondary N) is 2. The van der Waals surface area contributed by atoms with Crippen LogP contribution in [0.2, 0.25) is 0 Å². The fraction of sp³-hybridized carbons (Fsp3) is 0.227. The van der Waals surface area contributed by atoms with Gasteiger partial charge in [0.05, 0.1) is 15.9 Å². The largest absolute Gasteiger partial charge is 0.337 e. The Balaban J connectivity index is 1.24. The van der Waals surface area contributed by atoms with Crippen molar-refractivity contribution in [3.8, 4) is 10.7 Å². The summed E-state index contributed by atoms with van der Waals surface area (Å²) in [5.41, 5.74) is 2.37. The first-order valence-electron chi connectivity index (χ1n) is 10.3. The van der Waals surface area contributed by atoms with E-state index >= 15 is 0 Å². The fourth-order valence-corrected chi connectivity index (χ4v) is 5.97. The molecule has 1 saturated heterocycles. The molecule has 0 bridgehead atoms. The van der Waals surface area contributed by atoms with Crippen LogP contribution in [0.3, 0.4) is 0 Å². The Morgan fingerprint density at radius 3 is 2.72 bits per heavy atom. The minimum Gasteiger partial charge on any atom is -0.337 e. The second-order valence-electron chi connectivity index (χ2n) is 7.65. The molecule has 0 saturated carbocycles. The number of hydrogen-bond donors (Lipinski definition) is 2. The minimum absolute atomic E-state index is 0.0965. The molecule has 2 N–H and O–H groups in total. The van der Waals surface area contributed by atoms with E-state index in [1.807, 2.05) is 35.7 Å². The topological polar surface area (TPSA) is 108 Å². The maximum absolute atomic E-state index is 12.8. The first-order valence-corrected chi connectivity index (χ1v) is 12.6. The lowest BCUT2D eigenvalue weighted by molar-refractivity contribution is -0.120. The molecular weight excluding hydrogens is 446 g/mol. The number of rotatable bonds is 5. The van der Waals surface area contributed by atoms with Crippen LogP contribution < -0.4 is 5.32 Å².